The van der Waals surface area contributed by atoms with Crippen molar-refractivity contribution in [2.45, 2.75) is 70.8 Å². The van der Waals surface area contributed by atoms with Crippen LogP contribution in [0.2, 0.25) is 0 Å². The summed E-state index contributed by atoms with van der Waals surface area (Å²) >= 11 is 0. The van der Waals surface area contributed by atoms with Crippen LogP contribution in [0.25, 0.3) is 0 Å². The molecule has 0 spiro atoms. The lowest BCUT2D eigenvalue weighted by molar-refractivity contribution is -0.142. The van der Waals surface area contributed by atoms with Crippen molar-refractivity contribution >= 4 is 11.7 Å². The van der Waals surface area contributed by atoms with E-state index >= 15 is 0 Å². The molecule has 4 aliphatic carbocycles. The minimum absolute atomic E-state index is 0.160. The number of hydrogen-bond acceptors (Lipinski definition) is 4. The minimum atomic E-state index is -1.01. The summed E-state index contributed by atoms with van der Waals surface area (Å²) in [6, 6.07) is 0. The van der Waals surface area contributed by atoms with Gasteiger partial charge < -0.3 is 15.1 Å². The molecule has 0 bridgehead atoms. The van der Waals surface area contributed by atoms with Gasteiger partial charge in [-0.15, -0.1) is 6.42 Å². The average Bonchev–Trinajstić information content (AvgIpc) is 2.93. The van der Waals surface area contributed by atoms with Crippen molar-refractivity contribution < 1.29 is 19.8 Å². The van der Waals surface area contributed by atoms with Gasteiger partial charge in [-0.25, -0.2) is 4.79 Å². The zero-order valence-electron chi connectivity index (χ0n) is 16.9. The van der Waals surface area contributed by atoms with Gasteiger partial charge in [-0.1, -0.05) is 30.5 Å². The fraction of sp³-hybridized carbons (Fsp3) is 0.739. The van der Waals surface area contributed by atoms with E-state index in [0.717, 1.165) is 57.1 Å². The van der Waals surface area contributed by atoms with Crippen molar-refractivity contribution in [2.75, 3.05) is 6.61 Å². The molecule has 4 aliphatic rings. The number of hydrogen-bond donors (Lipinski definition) is 2. The third-order valence-corrected chi connectivity index (χ3v) is 8.74. The summed E-state index contributed by atoms with van der Waals surface area (Å²) in [5, 5.41) is 23.8. The highest BCUT2D eigenvalue weighted by atomic mass is 16.6. The molecule has 0 aromatic rings. The van der Waals surface area contributed by atoms with E-state index in [2.05, 4.69) is 31.0 Å². The Morgan fingerprint density at radius 3 is 2.71 bits per heavy atom. The summed E-state index contributed by atoms with van der Waals surface area (Å²) in [6.07, 6.45) is 15.8. The molecule has 3 saturated carbocycles. The fourth-order valence-electron chi connectivity index (χ4n) is 7.07. The van der Waals surface area contributed by atoms with Crippen LogP contribution in [0, 0.1) is 40.9 Å². The van der Waals surface area contributed by atoms with Crippen LogP contribution in [0.1, 0.15) is 65.2 Å². The van der Waals surface area contributed by atoms with Gasteiger partial charge in [-0.3, -0.25) is 0 Å². The van der Waals surface area contributed by atoms with Crippen molar-refractivity contribution in [3.63, 3.8) is 0 Å². The van der Waals surface area contributed by atoms with Gasteiger partial charge >= 0.3 is 5.97 Å². The SMILES string of the molecule is C#C[C@@]1(O)CCC2C3CCC4=C/C(=N/OCC(=O)O)CC[C@]4(C)C3CC[C@@]21C. The van der Waals surface area contributed by atoms with Crippen molar-refractivity contribution in [1.82, 2.24) is 0 Å². The Labute approximate surface area is 167 Å². The zero-order valence-corrected chi connectivity index (χ0v) is 16.9. The van der Waals surface area contributed by atoms with E-state index in [1.165, 1.54) is 5.57 Å². The van der Waals surface area contributed by atoms with E-state index in [4.69, 9.17) is 16.4 Å². The molecule has 3 unspecified atom stereocenters. The molecule has 4 rings (SSSR count). The van der Waals surface area contributed by atoms with E-state index in [-0.39, 0.29) is 10.8 Å². The van der Waals surface area contributed by atoms with Crippen LogP contribution in [0.15, 0.2) is 16.8 Å². The number of carbonyl (C=O) groups is 1. The number of carboxylic acids is 1. The number of nitrogens with zero attached hydrogens (tertiary/aromatic N) is 1. The molecule has 0 amide bonds. The van der Waals surface area contributed by atoms with Crippen LogP contribution in [-0.4, -0.2) is 34.1 Å². The van der Waals surface area contributed by atoms with E-state index < -0.39 is 18.2 Å². The molecule has 0 radical (unpaired) electrons. The third kappa shape index (κ3) is 2.72. The molecule has 5 nitrogen and oxygen atoms in total. The molecule has 0 aromatic carbocycles. The third-order valence-electron chi connectivity index (χ3n) is 8.74. The van der Waals surface area contributed by atoms with Crippen molar-refractivity contribution in [1.29, 1.82) is 0 Å². The van der Waals surface area contributed by atoms with Gasteiger partial charge in [0.25, 0.3) is 0 Å². The molecule has 0 saturated heterocycles. The highest BCUT2D eigenvalue weighted by molar-refractivity contribution is 5.96. The molecule has 152 valence electrons. The van der Waals surface area contributed by atoms with Crippen LogP contribution in [-0.2, 0) is 9.63 Å². The molecule has 3 fully saturated rings. The Morgan fingerprint density at radius 2 is 2.00 bits per heavy atom. The maximum absolute atomic E-state index is 11.1. The second-order valence-corrected chi connectivity index (χ2v) is 9.75. The van der Waals surface area contributed by atoms with Crippen LogP contribution >= 0.6 is 0 Å². The van der Waals surface area contributed by atoms with Crippen molar-refractivity contribution in [3.8, 4) is 12.3 Å². The monoisotopic (exact) mass is 385 g/mol. The lowest BCUT2D eigenvalue weighted by Crippen LogP contribution is -2.54. The highest BCUT2D eigenvalue weighted by Crippen LogP contribution is 2.67. The second kappa shape index (κ2) is 6.62. The number of oxime groups is 1. The number of rotatable bonds is 3. The number of allylic oxidation sites excluding steroid dienone is 2. The number of aliphatic hydroxyl groups is 1. The van der Waals surface area contributed by atoms with Gasteiger partial charge in [0.05, 0.1) is 5.71 Å². The Bertz CT molecular complexity index is 780. The predicted octanol–water partition coefficient (Wildman–Crippen LogP) is 3.77. The normalized spacial score (nSPS) is 46.0. The van der Waals surface area contributed by atoms with Crippen LogP contribution < -0.4 is 0 Å². The van der Waals surface area contributed by atoms with Gasteiger partial charge in [-0.05, 0) is 80.6 Å². The summed E-state index contributed by atoms with van der Waals surface area (Å²) < 4.78 is 0. The minimum Gasteiger partial charge on any atom is -0.479 e. The fourth-order valence-corrected chi connectivity index (χ4v) is 7.07. The summed E-state index contributed by atoms with van der Waals surface area (Å²) in [6.45, 7) is 4.22. The second-order valence-electron chi connectivity index (χ2n) is 9.75. The van der Waals surface area contributed by atoms with Gasteiger partial charge in [0.1, 0.15) is 5.60 Å². The first-order chi connectivity index (χ1) is 13.2. The van der Waals surface area contributed by atoms with E-state index in [1.54, 1.807) is 0 Å². The van der Waals surface area contributed by atoms with Crippen LogP contribution in [0.3, 0.4) is 0 Å². The highest BCUT2D eigenvalue weighted by Gasteiger charge is 2.63. The average molecular weight is 386 g/mol. The van der Waals surface area contributed by atoms with E-state index in [0.29, 0.717) is 17.8 Å². The Morgan fingerprint density at radius 1 is 1.25 bits per heavy atom. The Kier molecular flexibility index (Phi) is 4.62. The quantitative estimate of drug-likeness (QED) is 0.572. The molecule has 6 atom stereocenters. The van der Waals surface area contributed by atoms with Gasteiger partial charge in [0.15, 0.2) is 0 Å². The molecule has 5 heteroatoms. The lowest BCUT2D eigenvalue weighted by atomic mass is 9.46. The molecular weight excluding hydrogens is 354 g/mol. The van der Waals surface area contributed by atoms with Gasteiger partial charge in [0.2, 0.25) is 6.61 Å². The Balaban J connectivity index is 1.57. The van der Waals surface area contributed by atoms with E-state index in [1.807, 2.05) is 0 Å². The summed E-state index contributed by atoms with van der Waals surface area (Å²) in [4.78, 5) is 15.6. The van der Waals surface area contributed by atoms with E-state index in [9.17, 15) is 9.90 Å². The zero-order chi connectivity index (χ0) is 20.2. The molecule has 28 heavy (non-hydrogen) atoms. The molecule has 2 N–H and O–H groups in total. The maximum atomic E-state index is 11.1. The van der Waals surface area contributed by atoms with Crippen LogP contribution in [0.5, 0.6) is 0 Å². The topological polar surface area (TPSA) is 79.1 Å². The van der Waals surface area contributed by atoms with Gasteiger partial charge in [0, 0.05) is 5.41 Å². The first kappa shape index (κ1) is 19.5. The number of carboxylic acid groups (broad SMARTS) is 1. The smallest absolute Gasteiger partial charge is 0.344 e. The van der Waals surface area contributed by atoms with Gasteiger partial charge in [-0.2, -0.15) is 0 Å². The summed E-state index contributed by atoms with van der Waals surface area (Å²) in [7, 11) is 0. The van der Waals surface area contributed by atoms with Crippen molar-refractivity contribution in [3.05, 3.63) is 11.6 Å². The molecule has 0 aromatic heterocycles. The standard InChI is InChI=1S/C23H31NO4/c1-4-23(27)12-9-19-17-6-5-15-13-16(24-28-14-20(25)26)7-10-21(15,2)18(17)8-11-22(19,23)3/h1,13,17-19,27H,5-12,14H2,2-3H3,(H,25,26)/b24-16+/t17?,18?,19?,21-,22-,23+/m0/s1. The summed E-state index contributed by atoms with van der Waals surface area (Å²) in [5.41, 5.74) is 1.34. The largest absolute Gasteiger partial charge is 0.479 e. The van der Waals surface area contributed by atoms with Crippen molar-refractivity contribution in [2.24, 2.45) is 33.7 Å². The maximum Gasteiger partial charge on any atom is 0.344 e. The number of terminal acetylenes is 1. The lowest BCUT2D eigenvalue weighted by Gasteiger charge is -2.58. The molecular formula is C23H31NO4. The number of fused-ring (bicyclic) bond motifs is 5. The Hall–Kier alpha value is -1.80. The number of aliphatic carboxylic acids is 1. The molecule has 0 aliphatic heterocycles. The predicted molar refractivity (Wildman–Crippen MR) is 107 cm³/mol. The first-order valence-electron chi connectivity index (χ1n) is 10.6. The first-order valence-corrected chi connectivity index (χ1v) is 10.6. The summed E-state index contributed by atoms with van der Waals surface area (Å²) in [5.74, 6) is 3.47. The molecule has 0 heterocycles. The van der Waals surface area contributed by atoms with Crippen LogP contribution in [0.4, 0.5) is 0 Å².